The third-order valence-electron chi connectivity index (χ3n) is 3.73. The zero-order valence-electron chi connectivity index (χ0n) is 11.7. The van der Waals surface area contributed by atoms with Crippen molar-refractivity contribution in [3.05, 3.63) is 36.2 Å². The minimum absolute atomic E-state index is 0.0373. The van der Waals surface area contributed by atoms with E-state index in [0.717, 1.165) is 24.1 Å². The maximum Gasteiger partial charge on any atom is 0.274 e. The smallest absolute Gasteiger partial charge is 0.274 e. The molecule has 3 rings (SSSR count). The molecule has 2 atom stereocenters. The molecule has 1 aliphatic heterocycles. The van der Waals surface area contributed by atoms with Crippen LogP contribution in [0.4, 0.5) is 0 Å². The van der Waals surface area contributed by atoms with Crippen molar-refractivity contribution >= 4 is 16.9 Å². The summed E-state index contributed by atoms with van der Waals surface area (Å²) in [6.07, 6.45) is 1.58. The third-order valence-corrected chi connectivity index (χ3v) is 3.73. The molecule has 1 amide bonds. The highest BCUT2D eigenvalue weighted by atomic mass is 16.2. The number of rotatable bonds is 1. The number of hydrogen-bond acceptors (Lipinski definition) is 4. The van der Waals surface area contributed by atoms with Gasteiger partial charge in [-0.1, -0.05) is 12.1 Å². The van der Waals surface area contributed by atoms with Crippen LogP contribution in [0.25, 0.3) is 11.0 Å². The van der Waals surface area contributed by atoms with Crippen LogP contribution in [-0.4, -0.2) is 45.9 Å². The summed E-state index contributed by atoms with van der Waals surface area (Å²) in [4.78, 5) is 23.3. The molecule has 5 heteroatoms. The van der Waals surface area contributed by atoms with Crippen LogP contribution in [0.15, 0.2) is 30.5 Å². The summed E-state index contributed by atoms with van der Waals surface area (Å²) in [6, 6.07) is 7.93. The Morgan fingerprint density at radius 3 is 2.55 bits per heavy atom. The molecule has 0 spiro atoms. The van der Waals surface area contributed by atoms with Gasteiger partial charge in [0.25, 0.3) is 5.91 Å². The summed E-state index contributed by atoms with van der Waals surface area (Å²) in [5.74, 6) is -0.0373. The highest BCUT2D eigenvalue weighted by Crippen LogP contribution is 2.15. The van der Waals surface area contributed by atoms with Crippen molar-refractivity contribution in [2.24, 2.45) is 0 Å². The van der Waals surface area contributed by atoms with Crippen LogP contribution >= 0.6 is 0 Å². The molecule has 20 heavy (non-hydrogen) atoms. The number of nitrogens with zero attached hydrogens (tertiary/aromatic N) is 3. The summed E-state index contributed by atoms with van der Waals surface area (Å²) in [5.41, 5.74) is 1.99. The van der Waals surface area contributed by atoms with Crippen LogP contribution in [0.3, 0.4) is 0 Å². The van der Waals surface area contributed by atoms with Crippen LogP contribution in [-0.2, 0) is 0 Å². The molecule has 1 fully saturated rings. The fourth-order valence-electron chi connectivity index (χ4n) is 2.73. The summed E-state index contributed by atoms with van der Waals surface area (Å²) in [7, 11) is 0. The Hall–Kier alpha value is -2.01. The third kappa shape index (κ3) is 2.25. The minimum atomic E-state index is -0.0373. The molecule has 1 saturated heterocycles. The second kappa shape index (κ2) is 5.17. The van der Waals surface area contributed by atoms with E-state index in [-0.39, 0.29) is 18.0 Å². The number of benzene rings is 1. The molecular formula is C15H18N4O. The molecule has 1 aromatic carbocycles. The van der Waals surface area contributed by atoms with Gasteiger partial charge < -0.3 is 10.2 Å². The predicted octanol–water partition coefficient (Wildman–Crippen LogP) is 1.45. The second-order valence-electron chi connectivity index (χ2n) is 5.31. The Bertz CT molecular complexity index is 633. The molecule has 104 valence electrons. The van der Waals surface area contributed by atoms with Gasteiger partial charge in [0, 0.05) is 25.2 Å². The molecule has 5 nitrogen and oxygen atoms in total. The van der Waals surface area contributed by atoms with Crippen LogP contribution in [0.1, 0.15) is 24.3 Å². The molecule has 1 N–H and O–H groups in total. The zero-order valence-corrected chi connectivity index (χ0v) is 11.7. The summed E-state index contributed by atoms with van der Waals surface area (Å²) >= 11 is 0. The van der Waals surface area contributed by atoms with E-state index in [0.29, 0.717) is 5.69 Å². The van der Waals surface area contributed by atoms with Gasteiger partial charge in [0.05, 0.1) is 17.2 Å². The maximum atomic E-state index is 12.7. The zero-order chi connectivity index (χ0) is 14.1. The lowest BCUT2D eigenvalue weighted by molar-refractivity contribution is 0.0538. The van der Waals surface area contributed by atoms with Crippen molar-refractivity contribution in [2.45, 2.75) is 25.9 Å². The second-order valence-corrected chi connectivity index (χ2v) is 5.31. The average Bonchev–Trinajstić information content (AvgIpc) is 2.46. The van der Waals surface area contributed by atoms with E-state index < -0.39 is 0 Å². The summed E-state index contributed by atoms with van der Waals surface area (Å²) < 4.78 is 0. The van der Waals surface area contributed by atoms with Gasteiger partial charge in [-0.25, -0.2) is 4.98 Å². The number of nitrogens with one attached hydrogen (secondary N) is 1. The lowest BCUT2D eigenvalue weighted by Crippen LogP contribution is -2.57. The van der Waals surface area contributed by atoms with E-state index in [1.165, 1.54) is 0 Å². The molecule has 2 heterocycles. The van der Waals surface area contributed by atoms with Crippen molar-refractivity contribution in [3.8, 4) is 0 Å². The Morgan fingerprint density at radius 2 is 1.85 bits per heavy atom. The van der Waals surface area contributed by atoms with Gasteiger partial charge in [0.1, 0.15) is 5.69 Å². The molecule has 1 aliphatic rings. The standard InChI is InChI=1S/C15H18N4O/c1-10-7-16-8-11(2)19(10)15(20)14-9-17-12-5-3-4-6-13(12)18-14/h3-6,9-11,16H,7-8H2,1-2H3. The van der Waals surface area contributed by atoms with E-state index in [1.807, 2.05) is 29.2 Å². The van der Waals surface area contributed by atoms with Gasteiger partial charge in [0.15, 0.2) is 0 Å². The van der Waals surface area contributed by atoms with E-state index in [4.69, 9.17) is 0 Å². The summed E-state index contributed by atoms with van der Waals surface area (Å²) in [6.45, 7) is 5.73. The number of carbonyl (C=O) groups is 1. The fourth-order valence-corrected chi connectivity index (χ4v) is 2.73. The molecule has 2 aromatic rings. The van der Waals surface area contributed by atoms with Gasteiger partial charge in [-0.3, -0.25) is 9.78 Å². The molecule has 0 aliphatic carbocycles. The van der Waals surface area contributed by atoms with Crippen molar-refractivity contribution in [3.63, 3.8) is 0 Å². The van der Waals surface area contributed by atoms with Crippen molar-refractivity contribution < 1.29 is 4.79 Å². The topological polar surface area (TPSA) is 58.1 Å². The van der Waals surface area contributed by atoms with E-state index in [9.17, 15) is 4.79 Å². The molecule has 1 aromatic heterocycles. The number of hydrogen-bond donors (Lipinski definition) is 1. The Kier molecular flexibility index (Phi) is 3.36. The molecule has 0 bridgehead atoms. The lowest BCUT2D eigenvalue weighted by Gasteiger charge is -2.39. The van der Waals surface area contributed by atoms with E-state index in [2.05, 4.69) is 29.1 Å². The number of amides is 1. The van der Waals surface area contributed by atoms with Gasteiger partial charge in [-0.15, -0.1) is 0 Å². The van der Waals surface area contributed by atoms with E-state index >= 15 is 0 Å². The first-order chi connectivity index (χ1) is 9.66. The Morgan fingerprint density at radius 1 is 1.20 bits per heavy atom. The minimum Gasteiger partial charge on any atom is -0.329 e. The normalized spacial score (nSPS) is 23.0. The molecule has 2 unspecified atom stereocenters. The van der Waals surface area contributed by atoms with Crippen LogP contribution in [0, 0.1) is 0 Å². The fraction of sp³-hybridized carbons (Fsp3) is 0.400. The first-order valence-corrected chi connectivity index (χ1v) is 6.92. The van der Waals surface area contributed by atoms with Gasteiger partial charge in [-0.2, -0.15) is 0 Å². The van der Waals surface area contributed by atoms with Gasteiger partial charge >= 0.3 is 0 Å². The van der Waals surface area contributed by atoms with Gasteiger partial charge in [-0.05, 0) is 26.0 Å². The highest BCUT2D eigenvalue weighted by molar-refractivity contribution is 5.94. The van der Waals surface area contributed by atoms with Crippen molar-refractivity contribution in [1.82, 2.24) is 20.2 Å². The number of piperazine rings is 1. The monoisotopic (exact) mass is 270 g/mol. The summed E-state index contributed by atoms with van der Waals surface area (Å²) in [5, 5.41) is 3.32. The molecule has 0 saturated carbocycles. The number of fused-ring (bicyclic) bond motifs is 1. The van der Waals surface area contributed by atoms with Gasteiger partial charge in [0.2, 0.25) is 0 Å². The molecule has 0 radical (unpaired) electrons. The number of carbonyl (C=O) groups excluding carboxylic acids is 1. The first kappa shape index (κ1) is 13.0. The van der Waals surface area contributed by atoms with Crippen LogP contribution < -0.4 is 5.32 Å². The van der Waals surface area contributed by atoms with Crippen LogP contribution in [0.2, 0.25) is 0 Å². The average molecular weight is 270 g/mol. The highest BCUT2D eigenvalue weighted by Gasteiger charge is 2.30. The predicted molar refractivity (Wildman–Crippen MR) is 77.5 cm³/mol. The first-order valence-electron chi connectivity index (χ1n) is 6.92. The Labute approximate surface area is 118 Å². The molecular weight excluding hydrogens is 252 g/mol. The number of para-hydroxylation sites is 2. The van der Waals surface area contributed by atoms with Crippen molar-refractivity contribution in [2.75, 3.05) is 13.1 Å². The SMILES string of the molecule is CC1CNCC(C)N1C(=O)c1cnc2ccccc2n1. The Balaban J connectivity index is 1.95. The van der Waals surface area contributed by atoms with Crippen molar-refractivity contribution in [1.29, 1.82) is 0 Å². The quantitative estimate of drug-likeness (QED) is 0.852. The maximum absolute atomic E-state index is 12.7. The number of aromatic nitrogens is 2. The largest absolute Gasteiger partial charge is 0.329 e. The lowest BCUT2D eigenvalue weighted by atomic mass is 10.1. The van der Waals surface area contributed by atoms with E-state index in [1.54, 1.807) is 6.20 Å². The van der Waals surface area contributed by atoms with Crippen LogP contribution in [0.5, 0.6) is 0 Å².